The standard InChI is InChI=1S/C20H27N5O3/c1-13(2)12-28-19-5-4-16(10-22-19)24-20(27)17-11-23-25-7-6-15(8-18(17)25)9-21-14(3)26/h4-5,10-11,13,15H,6-9,12H2,1-3H3,(H,21,26)(H,24,27)/t15-/m1/s1. The van der Waals surface area contributed by atoms with Crippen LogP contribution < -0.4 is 15.4 Å². The first-order chi connectivity index (χ1) is 13.4. The smallest absolute Gasteiger partial charge is 0.259 e. The maximum atomic E-state index is 12.7. The molecule has 0 saturated carbocycles. The van der Waals surface area contributed by atoms with Crippen LogP contribution in [0.2, 0.25) is 0 Å². The van der Waals surface area contributed by atoms with Crippen molar-refractivity contribution in [2.75, 3.05) is 18.5 Å². The number of aromatic nitrogens is 3. The topological polar surface area (TPSA) is 98.1 Å². The van der Waals surface area contributed by atoms with E-state index in [1.54, 1.807) is 24.5 Å². The van der Waals surface area contributed by atoms with Gasteiger partial charge in [-0.05, 0) is 30.7 Å². The summed E-state index contributed by atoms with van der Waals surface area (Å²) in [4.78, 5) is 28.1. The van der Waals surface area contributed by atoms with Crippen molar-refractivity contribution >= 4 is 17.5 Å². The van der Waals surface area contributed by atoms with Gasteiger partial charge in [-0.15, -0.1) is 0 Å². The van der Waals surface area contributed by atoms with Gasteiger partial charge in [-0.25, -0.2) is 4.98 Å². The zero-order chi connectivity index (χ0) is 20.1. The van der Waals surface area contributed by atoms with E-state index in [0.717, 1.165) is 18.7 Å². The summed E-state index contributed by atoms with van der Waals surface area (Å²) in [5, 5.41) is 10.1. The number of rotatable bonds is 7. The van der Waals surface area contributed by atoms with E-state index in [0.29, 0.717) is 48.5 Å². The normalized spacial score (nSPS) is 15.8. The van der Waals surface area contributed by atoms with Crippen molar-refractivity contribution in [1.82, 2.24) is 20.1 Å². The number of ether oxygens (including phenoxy) is 1. The van der Waals surface area contributed by atoms with Crippen molar-refractivity contribution < 1.29 is 14.3 Å². The first-order valence-corrected chi connectivity index (χ1v) is 9.61. The van der Waals surface area contributed by atoms with Gasteiger partial charge in [0.15, 0.2) is 0 Å². The Morgan fingerprint density at radius 1 is 1.32 bits per heavy atom. The van der Waals surface area contributed by atoms with E-state index in [1.165, 1.54) is 6.92 Å². The Balaban J connectivity index is 1.63. The van der Waals surface area contributed by atoms with Crippen LogP contribution in [-0.2, 0) is 17.8 Å². The van der Waals surface area contributed by atoms with Crippen molar-refractivity contribution in [3.63, 3.8) is 0 Å². The molecule has 0 unspecified atom stereocenters. The highest BCUT2D eigenvalue weighted by molar-refractivity contribution is 6.04. The molecule has 1 atom stereocenters. The largest absolute Gasteiger partial charge is 0.477 e. The van der Waals surface area contributed by atoms with Crippen LogP contribution in [0.1, 0.15) is 43.2 Å². The Hall–Kier alpha value is -2.90. The van der Waals surface area contributed by atoms with Crippen molar-refractivity contribution in [1.29, 1.82) is 0 Å². The summed E-state index contributed by atoms with van der Waals surface area (Å²) in [5.41, 5.74) is 2.07. The second-order valence-corrected chi connectivity index (χ2v) is 7.57. The minimum Gasteiger partial charge on any atom is -0.477 e. The van der Waals surface area contributed by atoms with Crippen molar-refractivity contribution in [3.8, 4) is 5.88 Å². The lowest BCUT2D eigenvalue weighted by Crippen LogP contribution is -2.32. The average molecular weight is 385 g/mol. The van der Waals surface area contributed by atoms with Crippen LogP contribution in [-0.4, -0.2) is 39.7 Å². The Morgan fingerprint density at radius 2 is 2.14 bits per heavy atom. The van der Waals surface area contributed by atoms with Gasteiger partial charge in [0.2, 0.25) is 11.8 Å². The van der Waals surface area contributed by atoms with Crippen LogP contribution in [0.4, 0.5) is 5.69 Å². The molecule has 150 valence electrons. The minimum absolute atomic E-state index is 0.0367. The molecule has 0 spiro atoms. The van der Waals surface area contributed by atoms with Crippen LogP contribution in [0.15, 0.2) is 24.5 Å². The molecule has 2 aromatic rings. The maximum Gasteiger partial charge on any atom is 0.259 e. The van der Waals surface area contributed by atoms with Crippen LogP contribution in [0.25, 0.3) is 0 Å². The van der Waals surface area contributed by atoms with E-state index in [2.05, 4.69) is 34.6 Å². The lowest BCUT2D eigenvalue weighted by molar-refractivity contribution is -0.119. The molecular weight excluding hydrogens is 358 g/mol. The molecule has 2 amide bonds. The number of nitrogens with zero attached hydrogens (tertiary/aromatic N) is 3. The number of fused-ring (bicyclic) bond motifs is 1. The van der Waals surface area contributed by atoms with Gasteiger partial charge in [0.1, 0.15) is 0 Å². The summed E-state index contributed by atoms with van der Waals surface area (Å²) in [6.07, 6.45) is 4.84. The Labute approximate surface area is 164 Å². The van der Waals surface area contributed by atoms with Gasteiger partial charge in [-0.3, -0.25) is 14.3 Å². The Morgan fingerprint density at radius 3 is 2.82 bits per heavy atom. The highest BCUT2D eigenvalue weighted by Crippen LogP contribution is 2.23. The maximum absolute atomic E-state index is 12.7. The number of hydrogen-bond acceptors (Lipinski definition) is 5. The zero-order valence-electron chi connectivity index (χ0n) is 16.6. The Kier molecular flexibility index (Phi) is 6.28. The van der Waals surface area contributed by atoms with E-state index in [1.807, 2.05) is 4.68 Å². The second-order valence-electron chi connectivity index (χ2n) is 7.57. The summed E-state index contributed by atoms with van der Waals surface area (Å²) >= 11 is 0. The van der Waals surface area contributed by atoms with Crippen LogP contribution in [0.5, 0.6) is 5.88 Å². The number of pyridine rings is 1. The summed E-state index contributed by atoms with van der Waals surface area (Å²) in [7, 11) is 0. The quantitative estimate of drug-likeness (QED) is 0.762. The van der Waals surface area contributed by atoms with E-state index in [-0.39, 0.29) is 11.8 Å². The third kappa shape index (κ3) is 5.09. The van der Waals surface area contributed by atoms with Gasteiger partial charge in [0.25, 0.3) is 5.91 Å². The minimum atomic E-state index is -0.209. The lowest BCUT2D eigenvalue weighted by Gasteiger charge is -2.24. The Bertz CT molecular complexity index is 829. The van der Waals surface area contributed by atoms with Gasteiger partial charge < -0.3 is 15.4 Å². The molecule has 0 radical (unpaired) electrons. The zero-order valence-corrected chi connectivity index (χ0v) is 16.6. The van der Waals surface area contributed by atoms with Crippen LogP contribution in [0, 0.1) is 11.8 Å². The molecule has 8 nitrogen and oxygen atoms in total. The fourth-order valence-corrected chi connectivity index (χ4v) is 3.14. The highest BCUT2D eigenvalue weighted by atomic mass is 16.5. The average Bonchev–Trinajstić information content (AvgIpc) is 3.09. The van der Waals surface area contributed by atoms with Crippen molar-refractivity contribution in [2.24, 2.45) is 11.8 Å². The molecular formula is C20H27N5O3. The molecule has 2 aromatic heterocycles. The number of hydrogen-bond donors (Lipinski definition) is 2. The van der Waals surface area contributed by atoms with E-state index in [4.69, 9.17) is 4.74 Å². The highest BCUT2D eigenvalue weighted by Gasteiger charge is 2.25. The number of amides is 2. The predicted molar refractivity (Wildman–Crippen MR) is 105 cm³/mol. The van der Waals surface area contributed by atoms with E-state index in [9.17, 15) is 9.59 Å². The van der Waals surface area contributed by atoms with Crippen molar-refractivity contribution in [3.05, 3.63) is 35.8 Å². The first-order valence-electron chi connectivity index (χ1n) is 9.61. The van der Waals surface area contributed by atoms with Gasteiger partial charge in [0, 0.05) is 26.1 Å². The summed E-state index contributed by atoms with van der Waals surface area (Å²) < 4.78 is 7.43. The van der Waals surface area contributed by atoms with Gasteiger partial charge in [-0.1, -0.05) is 13.8 Å². The monoisotopic (exact) mass is 385 g/mol. The van der Waals surface area contributed by atoms with Gasteiger partial charge >= 0.3 is 0 Å². The number of carbonyl (C=O) groups excluding carboxylic acids is 2. The molecule has 28 heavy (non-hydrogen) atoms. The van der Waals surface area contributed by atoms with E-state index < -0.39 is 0 Å². The van der Waals surface area contributed by atoms with E-state index >= 15 is 0 Å². The molecule has 8 heteroatoms. The fraction of sp³-hybridized carbons (Fsp3) is 0.500. The van der Waals surface area contributed by atoms with Gasteiger partial charge in [0.05, 0.1) is 35.9 Å². The fourth-order valence-electron chi connectivity index (χ4n) is 3.14. The first kappa shape index (κ1) is 19.9. The summed E-state index contributed by atoms with van der Waals surface area (Å²) in [6.45, 7) is 7.61. The molecule has 1 aliphatic rings. The molecule has 0 saturated heterocycles. The summed E-state index contributed by atoms with van der Waals surface area (Å²) in [5.74, 6) is 1.02. The molecule has 3 heterocycles. The SMILES string of the molecule is CC(=O)NC[C@@H]1CCn2ncc(C(=O)Nc3ccc(OCC(C)C)nc3)c2C1. The summed E-state index contributed by atoms with van der Waals surface area (Å²) in [6, 6.07) is 3.52. The molecule has 0 aromatic carbocycles. The third-order valence-corrected chi connectivity index (χ3v) is 4.62. The number of aryl methyl sites for hydroxylation is 1. The number of nitrogens with one attached hydrogen (secondary N) is 2. The molecule has 1 aliphatic heterocycles. The van der Waals surface area contributed by atoms with Gasteiger partial charge in [-0.2, -0.15) is 5.10 Å². The predicted octanol–water partition coefficient (Wildman–Crippen LogP) is 2.26. The van der Waals surface area contributed by atoms with Crippen LogP contribution >= 0.6 is 0 Å². The molecule has 0 fully saturated rings. The molecule has 0 aliphatic carbocycles. The number of anilines is 1. The third-order valence-electron chi connectivity index (χ3n) is 4.62. The lowest BCUT2D eigenvalue weighted by atomic mass is 9.94. The molecule has 2 N–H and O–H groups in total. The number of carbonyl (C=O) groups is 2. The second kappa shape index (κ2) is 8.86. The van der Waals surface area contributed by atoms with Crippen LogP contribution in [0.3, 0.4) is 0 Å². The molecule has 0 bridgehead atoms. The van der Waals surface area contributed by atoms with Crippen molar-refractivity contribution in [2.45, 2.75) is 40.2 Å². The molecule has 3 rings (SSSR count).